The third-order valence-corrected chi connectivity index (χ3v) is 3.91. The molecule has 2 aromatic rings. The largest absolute Gasteiger partial charge is 0.355 e. The Kier molecular flexibility index (Phi) is 4.78. The van der Waals surface area contributed by atoms with Crippen LogP contribution in [0.5, 0.6) is 0 Å². The second-order valence-electron chi connectivity index (χ2n) is 5.32. The minimum atomic E-state index is -0.331. The molecule has 0 saturated heterocycles. The van der Waals surface area contributed by atoms with E-state index < -0.39 is 0 Å². The summed E-state index contributed by atoms with van der Waals surface area (Å²) in [6.07, 6.45) is 0.871. The van der Waals surface area contributed by atoms with E-state index in [9.17, 15) is 9.18 Å². The van der Waals surface area contributed by atoms with Crippen LogP contribution in [0, 0.1) is 19.7 Å². The summed E-state index contributed by atoms with van der Waals surface area (Å²) in [5.74, 6) is -0.479. The van der Waals surface area contributed by atoms with Gasteiger partial charge >= 0.3 is 0 Å². The van der Waals surface area contributed by atoms with Gasteiger partial charge in [0.15, 0.2) is 0 Å². The molecule has 1 aromatic carbocycles. The summed E-state index contributed by atoms with van der Waals surface area (Å²) in [4.78, 5) is 11.8. The first kappa shape index (κ1) is 15.3. The highest BCUT2D eigenvalue weighted by atomic mass is 19.1. The van der Waals surface area contributed by atoms with Crippen molar-refractivity contribution in [1.82, 2.24) is 9.88 Å². The Labute approximate surface area is 124 Å². The predicted octanol–water partition coefficient (Wildman–Crippen LogP) is 2.68. The van der Waals surface area contributed by atoms with Gasteiger partial charge in [-0.3, -0.25) is 4.79 Å². The van der Waals surface area contributed by atoms with Crippen molar-refractivity contribution in [3.8, 4) is 0 Å². The molecule has 1 heterocycles. The van der Waals surface area contributed by atoms with Crippen molar-refractivity contribution >= 4 is 5.91 Å². The van der Waals surface area contributed by atoms with Crippen molar-refractivity contribution in [3.63, 3.8) is 0 Å². The molecule has 0 atom stereocenters. The number of aromatic nitrogens is 1. The van der Waals surface area contributed by atoms with Gasteiger partial charge < -0.3 is 9.88 Å². The number of benzene rings is 1. The third-order valence-electron chi connectivity index (χ3n) is 3.91. The highest BCUT2D eigenvalue weighted by molar-refractivity contribution is 5.78. The van der Waals surface area contributed by atoms with Crippen LogP contribution in [0.15, 0.2) is 30.3 Å². The van der Waals surface area contributed by atoms with E-state index >= 15 is 0 Å². The topological polar surface area (TPSA) is 34.0 Å². The molecule has 2 rings (SSSR count). The van der Waals surface area contributed by atoms with Crippen molar-refractivity contribution in [3.05, 3.63) is 58.7 Å². The summed E-state index contributed by atoms with van der Waals surface area (Å²) in [6, 6.07) is 8.51. The minimum Gasteiger partial charge on any atom is -0.355 e. The van der Waals surface area contributed by atoms with Crippen LogP contribution in [0.3, 0.4) is 0 Å². The molecule has 0 spiro atoms. The van der Waals surface area contributed by atoms with E-state index in [1.54, 1.807) is 18.2 Å². The van der Waals surface area contributed by atoms with Crippen LogP contribution in [0.4, 0.5) is 4.39 Å². The van der Waals surface area contributed by atoms with Gasteiger partial charge in [0.2, 0.25) is 5.91 Å². The molecule has 3 nitrogen and oxygen atoms in total. The van der Waals surface area contributed by atoms with Gasteiger partial charge in [-0.1, -0.05) is 18.2 Å². The van der Waals surface area contributed by atoms with Gasteiger partial charge in [0, 0.05) is 25.0 Å². The molecule has 0 unspecified atom stereocenters. The summed E-state index contributed by atoms with van der Waals surface area (Å²) in [5, 5.41) is 2.85. The SMILES string of the molecule is Cc1cc(CCNC(=O)Cc2ccccc2F)c(C)n1C. The molecule has 4 heteroatoms. The molecule has 0 fully saturated rings. The van der Waals surface area contributed by atoms with Gasteiger partial charge in [0.05, 0.1) is 6.42 Å². The Morgan fingerprint density at radius 3 is 2.57 bits per heavy atom. The van der Waals surface area contributed by atoms with Crippen LogP contribution in [0.1, 0.15) is 22.5 Å². The Hall–Kier alpha value is -2.10. The molecule has 1 amide bonds. The van der Waals surface area contributed by atoms with E-state index in [0.717, 1.165) is 6.42 Å². The first-order valence-electron chi connectivity index (χ1n) is 7.11. The number of hydrogen-bond donors (Lipinski definition) is 1. The molecule has 0 bridgehead atoms. The van der Waals surface area contributed by atoms with Crippen LogP contribution < -0.4 is 5.32 Å². The van der Waals surface area contributed by atoms with Gasteiger partial charge in [0.1, 0.15) is 5.82 Å². The highest BCUT2D eigenvalue weighted by Crippen LogP contribution is 2.13. The van der Waals surface area contributed by atoms with Crippen LogP contribution in [0.25, 0.3) is 0 Å². The molecular formula is C17H21FN2O. The van der Waals surface area contributed by atoms with Gasteiger partial charge in [-0.15, -0.1) is 0 Å². The molecule has 0 saturated carbocycles. The number of carbonyl (C=O) groups excluding carboxylic acids is 1. The molecule has 0 aliphatic rings. The molecule has 0 aliphatic carbocycles. The monoisotopic (exact) mass is 288 g/mol. The van der Waals surface area contributed by atoms with E-state index in [2.05, 4.69) is 29.8 Å². The summed E-state index contributed by atoms with van der Waals surface area (Å²) in [7, 11) is 2.03. The van der Waals surface area contributed by atoms with E-state index in [0.29, 0.717) is 12.1 Å². The Morgan fingerprint density at radius 2 is 1.95 bits per heavy atom. The normalized spacial score (nSPS) is 10.7. The first-order chi connectivity index (χ1) is 9.99. The highest BCUT2D eigenvalue weighted by Gasteiger charge is 2.09. The maximum atomic E-state index is 13.5. The smallest absolute Gasteiger partial charge is 0.224 e. The predicted molar refractivity (Wildman–Crippen MR) is 81.7 cm³/mol. The van der Waals surface area contributed by atoms with E-state index in [-0.39, 0.29) is 18.1 Å². The Balaban J connectivity index is 1.85. The van der Waals surface area contributed by atoms with Crippen LogP contribution >= 0.6 is 0 Å². The van der Waals surface area contributed by atoms with Gasteiger partial charge in [-0.2, -0.15) is 0 Å². The second kappa shape index (κ2) is 6.57. The number of halogens is 1. The lowest BCUT2D eigenvalue weighted by Gasteiger charge is -2.06. The van der Waals surface area contributed by atoms with Crippen molar-refractivity contribution < 1.29 is 9.18 Å². The molecule has 21 heavy (non-hydrogen) atoms. The second-order valence-corrected chi connectivity index (χ2v) is 5.32. The molecule has 1 N–H and O–H groups in total. The van der Waals surface area contributed by atoms with Crippen molar-refractivity contribution in [1.29, 1.82) is 0 Å². The fourth-order valence-corrected chi connectivity index (χ4v) is 2.40. The number of aryl methyl sites for hydroxylation is 1. The summed E-state index contributed by atoms with van der Waals surface area (Å²) < 4.78 is 15.6. The van der Waals surface area contributed by atoms with E-state index in [4.69, 9.17) is 0 Å². The zero-order chi connectivity index (χ0) is 15.4. The Bertz CT molecular complexity index is 646. The lowest BCUT2D eigenvalue weighted by Crippen LogP contribution is -2.27. The number of amides is 1. The van der Waals surface area contributed by atoms with Crippen molar-refractivity contribution in [2.75, 3.05) is 6.54 Å². The number of hydrogen-bond acceptors (Lipinski definition) is 1. The third kappa shape index (κ3) is 3.72. The summed E-state index contributed by atoms with van der Waals surface area (Å²) in [5.41, 5.74) is 4.10. The van der Waals surface area contributed by atoms with E-state index in [1.807, 2.05) is 7.05 Å². The summed E-state index contributed by atoms with van der Waals surface area (Å²) in [6.45, 7) is 4.70. The molecular weight excluding hydrogens is 267 g/mol. The summed E-state index contributed by atoms with van der Waals surface area (Å²) >= 11 is 0. The molecule has 1 aromatic heterocycles. The van der Waals surface area contributed by atoms with Crippen molar-refractivity contribution in [2.24, 2.45) is 7.05 Å². The quantitative estimate of drug-likeness (QED) is 0.902. The lowest BCUT2D eigenvalue weighted by molar-refractivity contribution is -0.120. The van der Waals surface area contributed by atoms with Crippen molar-refractivity contribution in [2.45, 2.75) is 26.7 Å². The molecule has 0 aliphatic heterocycles. The van der Waals surface area contributed by atoms with Gasteiger partial charge in [-0.25, -0.2) is 4.39 Å². The van der Waals surface area contributed by atoms with Gasteiger partial charge in [-0.05, 0) is 43.5 Å². The zero-order valence-electron chi connectivity index (χ0n) is 12.7. The van der Waals surface area contributed by atoms with Crippen LogP contribution in [-0.2, 0) is 24.7 Å². The fraction of sp³-hybridized carbons (Fsp3) is 0.353. The zero-order valence-corrected chi connectivity index (χ0v) is 12.7. The minimum absolute atomic E-state index is 0.0828. The lowest BCUT2D eigenvalue weighted by atomic mass is 10.1. The number of nitrogens with one attached hydrogen (secondary N) is 1. The Morgan fingerprint density at radius 1 is 1.24 bits per heavy atom. The first-order valence-corrected chi connectivity index (χ1v) is 7.11. The fourth-order valence-electron chi connectivity index (χ4n) is 2.40. The van der Waals surface area contributed by atoms with Gasteiger partial charge in [0.25, 0.3) is 0 Å². The molecule has 0 radical (unpaired) electrons. The molecule has 112 valence electrons. The average Bonchev–Trinajstić information content (AvgIpc) is 2.69. The average molecular weight is 288 g/mol. The number of carbonyl (C=O) groups is 1. The van der Waals surface area contributed by atoms with Crippen LogP contribution in [0.2, 0.25) is 0 Å². The maximum Gasteiger partial charge on any atom is 0.224 e. The standard InChI is InChI=1S/C17H21FN2O/c1-12-10-14(13(2)20(12)3)8-9-19-17(21)11-15-6-4-5-7-16(15)18/h4-7,10H,8-9,11H2,1-3H3,(H,19,21). The van der Waals surface area contributed by atoms with Crippen LogP contribution in [-0.4, -0.2) is 17.0 Å². The number of rotatable bonds is 5. The number of nitrogens with zero attached hydrogens (tertiary/aromatic N) is 1. The maximum absolute atomic E-state index is 13.5. The van der Waals surface area contributed by atoms with E-state index in [1.165, 1.54) is 23.0 Å².